The Kier molecular flexibility index (Phi) is 10.7. The van der Waals surface area contributed by atoms with Gasteiger partial charge in [0.05, 0.1) is 57.5 Å². The van der Waals surface area contributed by atoms with E-state index in [1.54, 1.807) is 12.3 Å². The predicted molar refractivity (Wildman–Crippen MR) is 218 cm³/mol. The first-order valence-corrected chi connectivity index (χ1v) is 20.9. The van der Waals surface area contributed by atoms with Crippen molar-refractivity contribution in [3.05, 3.63) is 71.4 Å². The number of amides is 4. The Morgan fingerprint density at radius 2 is 1.74 bits per heavy atom. The fourth-order valence-electron chi connectivity index (χ4n) is 8.62. The van der Waals surface area contributed by atoms with E-state index in [9.17, 15) is 19.2 Å². The number of carbonyl (C=O) groups is 4. The Balaban J connectivity index is 0.794. The van der Waals surface area contributed by atoms with Gasteiger partial charge in [-0.1, -0.05) is 0 Å². The van der Waals surface area contributed by atoms with Gasteiger partial charge in [0.25, 0.3) is 11.8 Å². The van der Waals surface area contributed by atoms with E-state index >= 15 is 4.39 Å². The van der Waals surface area contributed by atoms with Crippen LogP contribution in [0.15, 0.2) is 54.4 Å². The Morgan fingerprint density at radius 3 is 2.52 bits per heavy atom. The summed E-state index contributed by atoms with van der Waals surface area (Å²) in [6.07, 6.45) is 9.58. The first-order valence-electron chi connectivity index (χ1n) is 20.0. The van der Waals surface area contributed by atoms with Crippen LogP contribution in [0.2, 0.25) is 0 Å². The highest BCUT2D eigenvalue weighted by Gasteiger charge is 2.30. The topological polar surface area (TPSA) is 167 Å². The van der Waals surface area contributed by atoms with Crippen LogP contribution < -0.4 is 25.8 Å². The van der Waals surface area contributed by atoms with E-state index in [4.69, 9.17) is 9.84 Å². The van der Waals surface area contributed by atoms with Crippen molar-refractivity contribution in [1.82, 2.24) is 35.3 Å². The van der Waals surface area contributed by atoms with Gasteiger partial charge in [0.2, 0.25) is 11.8 Å². The first kappa shape index (κ1) is 38.0. The Morgan fingerprint density at radius 1 is 0.931 bits per heavy atom. The molecule has 4 amide bonds. The Labute approximate surface area is 337 Å². The fourth-order valence-corrected chi connectivity index (χ4v) is 9.48. The van der Waals surface area contributed by atoms with Crippen molar-refractivity contribution in [2.75, 3.05) is 74.1 Å². The molecule has 17 heteroatoms. The molecule has 3 aromatic heterocycles. The third-order valence-electron chi connectivity index (χ3n) is 11.9. The van der Waals surface area contributed by atoms with Crippen LogP contribution in [-0.4, -0.2) is 113 Å². The van der Waals surface area contributed by atoms with E-state index in [0.29, 0.717) is 30.2 Å². The van der Waals surface area contributed by atoms with Crippen LogP contribution in [0.25, 0.3) is 21.1 Å². The van der Waals surface area contributed by atoms with E-state index in [1.807, 2.05) is 11.4 Å². The minimum absolute atomic E-state index is 0.124. The molecule has 3 N–H and O–H groups in total. The van der Waals surface area contributed by atoms with Crippen LogP contribution in [0.1, 0.15) is 65.3 Å². The van der Waals surface area contributed by atoms with Crippen molar-refractivity contribution in [2.24, 2.45) is 5.92 Å². The number of imide groups is 1. The van der Waals surface area contributed by atoms with E-state index < -0.39 is 23.7 Å². The van der Waals surface area contributed by atoms with E-state index in [0.717, 1.165) is 104 Å². The van der Waals surface area contributed by atoms with Gasteiger partial charge < -0.3 is 30.1 Å². The normalized spacial score (nSPS) is 20.1. The molecule has 0 unspecified atom stereocenters. The first-order chi connectivity index (χ1) is 28.3. The predicted octanol–water partition coefficient (Wildman–Crippen LogP) is 4.36. The Hall–Kier alpha value is -5.52. The van der Waals surface area contributed by atoms with Gasteiger partial charge in [0.15, 0.2) is 0 Å². The lowest BCUT2D eigenvalue weighted by Crippen LogP contribution is -2.52. The van der Waals surface area contributed by atoms with E-state index in [1.165, 1.54) is 29.8 Å². The Bertz CT molecular complexity index is 2360. The van der Waals surface area contributed by atoms with Gasteiger partial charge in [-0.25, -0.2) is 14.4 Å². The monoisotopic (exact) mass is 808 g/mol. The zero-order valence-corrected chi connectivity index (χ0v) is 32.8. The molecular weight excluding hydrogens is 764 g/mol. The standard InChI is InChI=1S/C41H45FN10O5S/c42-31-18-28(1-2-29(31)39(54)45-32-3-4-37(53)47-41(32)56)50-11-5-25(6-12-50)21-49-9-7-27(8-10-49)52-22-26-17-34(35(19-33(26)48-52)51-13-15-57-16-14-51)46-40(55)30-23-58-36-20-43-24-44-38(30)36/h1-2,17-20,22-25,27,32H,3-16,21H2,(H,45,54)(H,46,55)(H,47,53,56)/t32-/m0/s1. The maximum atomic E-state index is 15.1. The second-order valence-corrected chi connectivity index (χ2v) is 16.5. The molecule has 7 heterocycles. The maximum absolute atomic E-state index is 15.1. The molecule has 5 aromatic rings. The lowest BCUT2D eigenvalue weighted by Gasteiger charge is -2.38. The zero-order chi connectivity index (χ0) is 39.8. The summed E-state index contributed by atoms with van der Waals surface area (Å²) in [5, 5.41) is 15.8. The highest BCUT2D eigenvalue weighted by atomic mass is 32.1. The second kappa shape index (κ2) is 16.4. The van der Waals surface area contributed by atoms with Gasteiger partial charge in [0.1, 0.15) is 18.2 Å². The molecule has 0 bridgehead atoms. The van der Waals surface area contributed by atoms with Gasteiger partial charge >= 0.3 is 0 Å². The maximum Gasteiger partial charge on any atom is 0.258 e. The minimum atomic E-state index is -0.861. The summed E-state index contributed by atoms with van der Waals surface area (Å²) in [4.78, 5) is 65.2. The van der Waals surface area contributed by atoms with Crippen molar-refractivity contribution in [1.29, 1.82) is 0 Å². The number of hydrogen-bond donors (Lipinski definition) is 3. The molecule has 0 aliphatic carbocycles. The van der Waals surface area contributed by atoms with Crippen LogP contribution in [0.5, 0.6) is 0 Å². The molecule has 0 radical (unpaired) electrons. The number of rotatable bonds is 9. The number of morpholine rings is 1. The molecule has 1 atom stereocenters. The van der Waals surface area contributed by atoms with Crippen molar-refractivity contribution >= 4 is 73.1 Å². The summed E-state index contributed by atoms with van der Waals surface area (Å²) in [5.74, 6) is -1.92. The summed E-state index contributed by atoms with van der Waals surface area (Å²) in [6.45, 7) is 7.27. The van der Waals surface area contributed by atoms with Gasteiger partial charge in [-0.05, 0) is 68.4 Å². The summed E-state index contributed by atoms with van der Waals surface area (Å²) in [7, 11) is 0. The molecule has 58 heavy (non-hydrogen) atoms. The highest BCUT2D eigenvalue weighted by molar-refractivity contribution is 7.17. The van der Waals surface area contributed by atoms with Gasteiger partial charge in [-0.3, -0.25) is 29.2 Å². The average Bonchev–Trinajstić information content (AvgIpc) is 3.87. The number of halogens is 1. The molecule has 9 rings (SSSR count). The smallest absolute Gasteiger partial charge is 0.258 e. The van der Waals surface area contributed by atoms with Gasteiger partial charge in [-0.2, -0.15) is 5.10 Å². The van der Waals surface area contributed by atoms with Crippen LogP contribution in [0.3, 0.4) is 0 Å². The number of ether oxygens (including phenoxy) is 1. The van der Waals surface area contributed by atoms with Gasteiger partial charge in [-0.15, -0.1) is 11.3 Å². The van der Waals surface area contributed by atoms with Crippen LogP contribution in [0.4, 0.5) is 21.5 Å². The van der Waals surface area contributed by atoms with E-state index in [2.05, 4.69) is 57.6 Å². The third-order valence-corrected chi connectivity index (χ3v) is 12.8. The molecule has 4 saturated heterocycles. The third kappa shape index (κ3) is 7.98. The van der Waals surface area contributed by atoms with Crippen LogP contribution in [-0.2, 0) is 14.3 Å². The SMILES string of the molecule is O=C1CC[C@H](NC(=O)c2ccc(N3CCC(CN4CCC(n5cc6cc(NC(=O)c7csc8cncnc78)c(N7CCOCC7)cc6n5)CC4)CC3)cc2F)C(=O)N1. The largest absolute Gasteiger partial charge is 0.378 e. The van der Waals surface area contributed by atoms with Crippen LogP contribution >= 0.6 is 11.3 Å². The average molecular weight is 809 g/mol. The van der Waals surface area contributed by atoms with Crippen molar-refractivity contribution in [3.8, 4) is 0 Å². The molecule has 302 valence electrons. The molecule has 4 fully saturated rings. The number of nitrogens with zero attached hydrogens (tertiary/aromatic N) is 7. The second-order valence-electron chi connectivity index (χ2n) is 15.6. The number of thiophene rings is 1. The van der Waals surface area contributed by atoms with E-state index in [-0.39, 0.29) is 36.3 Å². The minimum Gasteiger partial charge on any atom is -0.378 e. The lowest BCUT2D eigenvalue weighted by atomic mass is 9.94. The van der Waals surface area contributed by atoms with Crippen molar-refractivity contribution in [3.63, 3.8) is 0 Å². The number of fused-ring (bicyclic) bond motifs is 2. The molecule has 0 spiro atoms. The van der Waals surface area contributed by atoms with Crippen molar-refractivity contribution < 1.29 is 28.3 Å². The number of benzene rings is 2. The summed E-state index contributed by atoms with van der Waals surface area (Å²) in [6, 6.07) is 8.16. The number of aromatic nitrogens is 4. The lowest BCUT2D eigenvalue weighted by molar-refractivity contribution is -0.134. The number of nitrogens with one attached hydrogen (secondary N) is 3. The summed E-state index contributed by atoms with van der Waals surface area (Å²) in [5.41, 5.74) is 4.36. The highest BCUT2D eigenvalue weighted by Crippen LogP contribution is 2.35. The quantitative estimate of drug-likeness (QED) is 0.181. The molecule has 4 aliphatic heterocycles. The zero-order valence-electron chi connectivity index (χ0n) is 32.0. The van der Waals surface area contributed by atoms with Crippen molar-refractivity contribution in [2.45, 2.75) is 50.6 Å². The number of likely N-dealkylation sites (tertiary alicyclic amines) is 1. The number of anilines is 3. The summed E-state index contributed by atoms with van der Waals surface area (Å²) < 4.78 is 23.7. The number of carbonyl (C=O) groups excluding carboxylic acids is 4. The molecule has 4 aliphatic rings. The van der Waals surface area contributed by atoms with Crippen LogP contribution in [0, 0.1) is 11.7 Å². The number of hydrogen-bond acceptors (Lipinski definition) is 12. The molecular formula is C41H45FN10O5S. The molecule has 2 aromatic carbocycles. The fraction of sp³-hybridized carbons (Fsp3) is 0.439. The molecule has 0 saturated carbocycles. The number of piperidine rings is 3. The molecule has 15 nitrogen and oxygen atoms in total. The summed E-state index contributed by atoms with van der Waals surface area (Å²) >= 11 is 1.45. The van der Waals surface area contributed by atoms with Gasteiger partial charge in [0, 0.05) is 81.1 Å².